The number of hydrogen-bond acceptors (Lipinski definition) is 12. The molecule has 0 aliphatic carbocycles. The highest BCUT2D eigenvalue weighted by molar-refractivity contribution is 8.02. The second-order valence-electron chi connectivity index (χ2n) is 8.82. The molecule has 0 aromatic carbocycles. The maximum absolute atomic E-state index is 13.1. The van der Waals surface area contributed by atoms with Gasteiger partial charge in [-0.2, -0.15) is 0 Å². The fourth-order valence-electron chi connectivity index (χ4n) is 3.88. The van der Waals surface area contributed by atoms with E-state index in [4.69, 9.17) is 16.3 Å². The Morgan fingerprint density at radius 2 is 2.00 bits per heavy atom. The molecule has 3 amide bonds. The van der Waals surface area contributed by atoms with Gasteiger partial charge in [-0.25, -0.2) is 14.6 Å². The van der Waals surface area contributed by atoms with E-state index in [0.29, 0.717) is 0 Å². The minimum absolute atomic E-state index is 0.00424. The lowest BCUT2D eigenvalue weighted by Crippen LogP contribution is -2.68. The molecule has 194 valence electrons. The van der Waals surface area contributed by atoms with Gasteiger partial charge in [0.2, 0.25) is 22.3 Å². The summed E-state index contributed by atoms with van der Waals surface area (Å²) in [6.45, 7) is 2.32. The Morgan fingerprint density at radius 3 is 2.53 bits per heavy atom. The maximum Gasteiger partial charge on any atom is 0.350 e. The van der Waals surface area contributed by atoms with E-state index in [1.54, 1.807) is 0 Å². The van der Waals surface area contributed by atoms with Gasteiger partial charge in [0.05, 0.1) is 12.6 Å². The van der Waals surface area contributed by atoms with Gasteiger partial charge in [0.15, 0.2) is 10.8 Å². The van der Waals surface area contributed by atoms with Crippen LogP contribution in [0.25, 0.3) is 0 Å². The van der Waals surface area contributed by atoms with Gasteiger partial charge < -0.3 is 41.6 Å². The molecule has 4 atom stereocenters. The molecule has 3 saturated heterocycles. The first-order chi connectivity index (χ1) is 16.8. The van der Waals surface area contributed by atoms with Crippen molar-refractivity contribution in [3.05, 3.63) is 11.1 Å². The molecule has 2 unspecified atom stereocenters. The topological polar surface area (TPSA) is 231 Å². The molecule has 3 aliphatic rings. The van der Waals surface area contributed by atoms with Gasteiger partial charge in [0, 0.05) is 11.9 Å². The number of nitrogens with zero attached hydrogens (tertiary/aromatic N) is 4. The number of oxime groups is 1. The molecule has 36 heavy (non-hydrogen) atoms. The number of nitrogens with two attached hydrogens (primary N) is 2. The van der Waals surface area contributed by atoms with Crippen LogP contribution in [0.2, 0.25) is 0 Å². The van der Waals surface area contributed by atoms with Crippen LogP contribution in [0.4, 0.5) is 5.13 Å². The molecule has 17 heteroatoms. The number of rotatable bonds is 8. The maximum atomic E-state index is 13.1. The summed E-state index contributed by atoms with van der Waals surface area (Å²) in [5, 5.41) is 26.2. The lowest BCUT2D eigenvalue weighted by atomic mass is 10.1. The van der Waals surface area contributed by atoms with Crippen molar-refractivity contribution in [3.63, 3.8) is 0 Å². The predicted octanol–water partition coefficient (Wildman–Crippen LogP) is -1.95. The summed E-state index contributed by atoms with van der Waals surface area (Å²) in [6, 6.07) is -1.95. The average molecular weight is 542 g/mol. The number of nitrogen functional groups attached to an aromatic ring is 1. The van der Waals surface area contributed by atoms with Crippen molar-refractivity contribution >= 4 is 63.6 Å². The lowest BCUT2D eigenvalue weighted by molar-refractivity contribution is -0.161. The van der Waals surface area contributed by atoms with Gasteiger partial charge in [-0.1, -0.05) is 16.9 Å². The first-order valence-electron chi connectivity index (χ1n) is 10.6. The quantitative estimate of drug-likeness (QED) is 0.137. The second kappa shape index (κ2) is 8.90. The number of thiazole rings is 1. The number of aromatic nitrogens is 1. The number of carbonyl (C=O) groups excluding carboxylic acids is 3. The number of nitrogens with one attached hydrogen (secondary N) is 1. The summed E-state index contributed by atoms with van der Waals surface area (Å²) in [7, 11) is 0. The smallest absolute Gasteiger partial charge is 0.350 e. The van der Waals surface area contributed by atoms with Crippen LogP contribution in [-0.2, 0) is 28.8 Å². The van der Waals surface area contributed by atoms with E-state index in [0.717, 1.165) is 23.1 Å². The van der Waals surface area contributed by atoms with E-state index in [2.05, 4.69) is 15.5 Å². The number of thioether (sulfide) groups is 1. The molecule has 15 nitrogen and oxygen atoms in total. The third kappa shape index (κ3) is 4.11. The largest absolute Gasteiger partial charge is 0.479 e. The minimum Gasteiger partial charge on any atom is -0.479 e. The lowest BCUT2D eigenvalue weighted by Gasteiger charge is -2.41. The van der Waals surface area contributed by atoms with Crippen LogP contribution >= 0.6 is 23.1 Å². The first kappa shape index (κ1) is 25.6. The van der Waals surface area contributed by atoms with E-state index in [-0.39, 0.29) is 30.3 Å². The first-order valence-corrected chi connectivity index (χ1v) is 12.3. The van der Waals surface area contributed by atoms with Crippen molar-refractivity contribution in [1.82, 2.24) is 20.1 Å². The van der Waals surface area contributed by atoms with E-state index < -0.39 is 63.3 Å². The van der Waals surface area contributed by atoms with Crippen molar-refractivity contribution in [3.8, 4) is 0 Å². The Morgan fingerprint density at radius 1 is 1.31 bits per heavy atom. The van der Waals surface area contributed by atoms with Crippen molar-refractivity contribution in [2.24, 2.45) is 10.9 Å². The van der Waals surface area contributed by atoms with Gasteiger partial charge >= 0.3 is 11.9 Å². The number of carbonyl (C=O) groups is 5. The Balaban J connectivity index is 1.55. The molecule has 1 aromatic heterocycles. The number of β-lactam (4-membered cyclic amide) rings is 1. The van der Waals surface area contributed by atoms with Crippen molar-refractivity contribution < 1.29 is 39.0 Å². The Hall–Kier alpha value is -3.44. The molecule has 3 fully saturated rings. The van der Waals surface area contributed by atoms with E-state index in [1.165, 1.54) is 29.0 Å². The number of aliphatic carboxylic acids is 2. The summed E-state index contributed by atoms with van der Waals surface area (Å²) in [6.07, 6.45) is 0.288. The highest BCUT2D eigenvalue weighted by Crippen LogP contribution is 2.49. The summed E-state index contributed by atoms with van der Waals surface area (Å²) in [5.74, 6) is -4.62. The average Bonchev–Trinajstić information content (AvgIpc) is 3.49. The highest BCUT2D eigenvalue weighted by atomic mass is 32.2. The van der Waals surface area contributed by atoms with Crippen molar-refractivity contribution in [1.29, 1.82) is 0 Å². The number of likely N-dealkylation sites (tertiary alicyclic amines) is 1. The SMILES string of the molecule is CC(C)(O/N=C(\C(=O)NC1C(=O)N2C[C@@](C(=O)O)(N3CCC(N)C3=O)S[C@H]12)c1csc(N)n1)C(=O)O. The molecule has 0 spiro atoms. The van der Waals surface area contributed by atoms with Crippen LogP contribution in [0.3, 0.4) is 0 Å². The van der Waals surface area contributed by atoms with Gasteiger partial charge in [-0.05, 0) is 20.3 Å². The van der Waals surface area contributed by atoms with E-state index >= 15 is 0 Å². The van der Waals surface area contributed by atoms with E-state index in [1.807, 2.05) is 0 Å². The monoisotopic (exact) mass is 541 g/mol. The van der Waals surface area contributed by atoms with Gasteiger partial charge in [0.1, 0.15) is 17.1 Å². The molecule has 0 saturated carbocycles. The van der Waals surface area contributed by atoms with Gasteiger partial charge in [-0.15, -0.1) is 11.3 Å². The zero-order valence-corrected chi connectivity index (χ0v) is 20.7. The minimum atomic E-state index is -1.78. The Bertz CT molecular complexity index is 1190. The van der Waals surface area contributed by atoms with Crippen LogP contribution in [0.1, 0.15) is 26.0 Å². The highest BCUT2D eigenvalue weighted by Gasteiger charge is 2.66. The Labute approximate surface area is 211 Å². The Kier molecular flexibility index (Phi) is 6.34. The van der Waals surface area contributed by atoms with E-state index in [9.17, 15) is 34.2 Å². The van der Waals surface area contributed by atoms with Crippen molar-refractivity contribution in [2.45, 2.75) is 48.2 Å². The molecule has 0 radical (unpaired) electrons. The zero-order valence-electron chi connectivity index (χ0n) is 19.0. The fourth-order valence-corrected chi connectivity index (χ4v) is 6.07. The second-order valence-corrected chi connectivity index (χ2v) is 11.1. The number of fused-ring (bicyclic) bond motifs is 1. The third-order valence-electron chi connectivity index (χ3n) is 6.01. The standard InChI is InChI=1S/C19H23N7O8S2/c1-18(2,15(30)31)34-24-9(8-5-35-17(21)22-8)11(27)23-10-13(29)25-6-19(16(32)33,36-14(10)25)26-4-3-7(20)12(26)28/h5,7,10,14H,3-4,6,20H2,1-2H3,(H2,21,22)(H,23,27)(H,30,31)(H,32,33)/b24-9-/t7?,10?,14-,19-/m1/s1. The summed E-state index contributed by atoms with van der Waals surface area (Å²) >= 11 is 1.87. The van der Waals surface area contributed by atoms with Gasteiger partial charge in [0.25, 0.3) is 5.91 Å². The number of amides is 3. The molecule has 4 rings (SSSR count). The third-order valence-corrected chi connectivity index (χ3v) is 8.36. The zero-order chi connectivity index (χ0) is 26.6. The van der Waals surface area contributed by atoms with Crippen LogP contribution in [0.15, 0.2) is 10.5 Å². The van der Waals surface area contributed by atoms with Crippen LogP contribution in [0, 0.1) is 0 Å². The number of hydrogen-bond donors (Lipinski definition) is 5. The summed E-state index contributed by atoms with van der Waals surface area (Å²) < 4.78 is 0. The normalized spacial score (nSPS) is 28.1. The molecular weight excluding hydrogens is 518 g/mol. The molecule has 0 bridgehead atoms. The predicted molar refractivity (Wildman–Crippen MR) is 126 cm³/mol. The number of anilines is 1. The molecule has 3 aliphatic heterocycles. The van der Waals surface area contributed by atoms with Crippen LogP contribution < -0.4 is 16.8 Å². The van der Waals surface area contributed by atoms with Crippen molar-refractivity contribution in [2.75, 3.05) is 18.8 Å². The molecule has 1 aromatic rings. The fraction of sp³-hybridized carbons (Fsp3) is 0.526. The number of carboxylic acids is 2. The molecular formula is C19H23N7O8S2. The summed E-state index contributed by atoms with van der Waals surface area (Å²) in [4.78, 5) is 71.7. The number of carboxylic acid groups (broad SMARTS) is 2. The molecule has 7 N–H and O–H groups in total. The van der Waals surface area contributed by atoms with Crippen LogP contribution in [-0.4, -0.2) is 101 Å². The van der Waals surface area contributed by atoms with Crippen LogP contribution in [0.5, 0.6) is 0 Å². The van der Waals surface area contributed by atoms with Gasteiger partial charge in [-0.3, -0.25) is 14.4 Å². The summed E-state index contributed by atoms with van der Waals surface area (Å²) in [5.41, 5.74) is 9.20. The molecule has 4 heterocycles.